The fraction of sp³-hybridized carbons (Fsp3) is 0.667. The number of hydrogen-bond donors (Lipinski definition) is 2. The van der Waals surface area contributed by atoms with Crippen LogP contribution in [-0.4, -0.2) is 95.8 Å². The lowest BCUT2D eigenvalue weighted by Crippen LogP contribution is -2.47. The van der Waals surface area contributed by atoms with Gasteiger partial charge in [-0.2, -0.15) is 0 Å². The van der Waals surface area contributed by atoms with E-state index in [-0.39, 0.29) is 5.91 Å². The van der Waals surface area contributed by atoms with Gasteiger partial charge in [0.2, 0.25) is 5.91 Å². The van der Waals surface area contributed by atoms with E-state index >= 15 is 0 Å². The van der Waals surface area contributed by atoms with Gasteiger partial charge in [0, 0.05) is 58.8 Å². The first-order valence-electron chi connectivity index (χ1n) is 10.4. The SMILES string of the molecule is CNCCN(CCNC)C(=O)CCCN1CCN(c2ccccc2OC)CC1. The summed E-state index contributed by atoms with van der Waals surface area (Å²) in [6.07, 6.45) is 1.54. The van der Waals surface area contributed by atoms with Gasteiger partial charge in [-0.3, -0.25) is 9.69 Å². The van der Waals surface area contributed by atoms with E-state index in [1.165, 1.54) is 5.69 Å². The summed E-state index contributed by atoms with van der Waals surface area (Å²) in [6, 6.07) is 8.20. The summed E-state index contributed by atoms with van der Waals surface area (Å²) in [6.45, 7) is 8.22. The van der Waals surface area contributed by atoms with Crippen LogP contribution in [0.3, 0.4) is 0 Å². The third-order valence-electron chi connectivity index (χ3n) is 5.28. The lowest BCUT2D eigenvalue weighted by atomic mass is 10.2. The molecule has 1 amide bonds. The molecule has 7 nitrogen and oxygen atoms in total. The highest BCUT2D eigenvalue weighted by Gasteiger charge is 2.20. The van der Waals surface area contributed by atoms with Gasteiger partial charge in [0.15, 0.2) is 0 Å². The van der Waals surface area contributed by atoms with Crippen molar-refractivity contribution in [2.24, 2.45) is 0 Å². The van der Waals surface area contributed by atoms with Crippen LogP contribution < -0.4 is 20.3 Å². The number of amides is 1. The molecule has 1 aliphatic heterocycles. The van der Waals surface area contributed by atoms with E-state index in [9.17, 15) is 4.79 Å². The van der Waals surface area contributed by atoms with Crippen molar-refractivity contribution >= 4 is 11.6 Å². The van der Waals surface area contributed by atoms with Crippen LogP contribution in [0.2, 0.25) is 0 Å². The van der Waals surface area contributed by atoms with Gasteiger partial charge >= 0.3 is 0 Å². The molecule has 1 aromatic carbocycles. The monoisotopic (exact) mass is 391 g/mol. The number of carbonyl (C=O) groups is 1. The first kappa shape index (κ1) is 22.5. The number of ether oxygens (including phenoxy) is 1. The Kier molecular flexibility index (Phi) is 10.1. The van der Waals surface area contributed by atoms with Crippen LogP contribution in [0.5, 0.6) is 5.75 Å². The van der Waals surface area contributed by atoms with E-state index in [4.69, 9.17) is 4.74 Å². The first-order chi connectivity index (χ1) is 13.7. The van der Waals surface area contributed by atoms with E-state index < -0.39 is 0 Å². The summed E-state index contributed by atoms with van der Waals surface area (Å²) in [5.41, 5.74) is 1.17. The molecule has 2 N–H and O–H groups in total. The van der Waals surface area contributed by atoms with Crippen LogP contribution in [0.4, 0.5) is 5.69 Å². The molecule has 0 aromatic heterocycles. The maximum Gasteiger partial charge on any atom is 0.222 e. The summed E-state index contributed by atoms with van der Waals surface area (Å²) in [7, 11) is 5.57. The number of methoxy groups -OCH3 is 1. The Balaban J connectivity index is 1.72. The summed E-state index contributed by atoms with van der Waals surface area (Å²) in [5.74, 6) is 1.20. The molecule has 0 aliphatic carbocycles. The molecule has 1 aromatic rings. The molecule has 0 unspecified atom stereocenters. The second kappa shape index (κ2) is 12.6. The minimum absolute atomic E-state index is 0.262. The van der Waals surface area contributed by atoms with Gasteiger partial charge in [0.25, 0.3) is 0 Å². The molecule has 0 saturated carbocycles. The topological polar surface area (TPSA) is 60.1 Å². The van der Waals surface area contributed by atoms with Crippen LogP contribution in [-0.2, 0) is 4.79 Å². The summed E-state index contributed by atoms with van der Waals surface area (Å²) in [4.78, 5) is 19.3. The van der Waals surface area contributed by atoms with Crippen molar-refractivity contribution in [3.05, 3.63) is 24.3 Å². The van der Waals surface area contributed by atoms with Gasteiger partial charge in [-0.05, 0) is 39.2 Å². The van der Waals surface area contributed by atoms with Gasteiger partial charge in [-0.25, -0.2) is 0 Å². The third kappa shape index (κ3) is 6.96. The molecule has 2 rings (SSSR count). The molecule has 1 saturated heterocycles. The fourth-order valence-electron chi connectivity index (χ4n) is 3.57. The molecule has 1 fully saturated rings. The largest absolute Gasteiger partial charge is 0.495 e. The van der Waals surface area contributed by atoms with Crippen molar-refractivity contribution in [1.29, 1.82) is 0 Å². The quantitative estimate of drug-likeness (QED) is 0.551. The van der Waals surface area contributed by atoms with Crippen LogP contribution in [0.25, 0.3) is 0 Å². The number of anilines is 1. The molecule has 28 heavy (non-hydrogen) atoms. The van der Waals surface area contributed by atoms with Gasteiger partial charge in [0.1, 0.15) is 5.75 Å². The average molecular weight is 392 g/mol. The zero-order valence-corrected chi connectivity index (χ0v) is 17.7. The van der Waals surface area contributed by atoms with Crippen molar-refractivity contribution in [3.8, 4) is 5.75 Å². The Morgan fingerprint density at radius 3 is 2.32 bits per heavy atom. The number of carbonyl (C=O) groups excluding carboxylic acids is 1. The minimum Gasteiger partial charge on any atom is -0.495 e. The second-order valence-corrected chi connectivity index (χ2v) is 7.19. The van der Waals surface area contributed by atoms with E-state index in [0.29, 0.717) is 6.42 Å². The van der Waals surface area contributed by atoms with Crippen LogP contribution in [0.1, 0.15) is 12.8 Å². The lowest BCUT2D eigenvalue weighted by Gasteiger charge is -2.36. The number of nitrogens with one attached hydrogen (secondary N) is 2. The highest BCUT2D eigenvalue weighted by atomic mass is 16.5. The lowest BCUT2D eigenvalue weighted by molar-refractivity contribution is -0.131. The first-order valence-corrected chi connectivity index (χ1v) is 10.4. The second-order valence-electron chi connectivity index (χ2n) is 7.19. The number of piperazine rings is 1. The van der Waals surface area contributed by atoms with Crippen LogP contribution in [0, 0.1) is 0 Å². The molecule has 7 heteroatoms. The third-order valence-corrected chi connectivity index (χ3v) is 5.28. The Hall–Kier alpha value is -1.83. The van der Waals surface area contributed by atoms with Crippen molar-refractivity contribution in [2.75, 3.05) is 85.0 Å². The zero-order chi connectivity index (χ0) is 20.2. The van der Waals surface area contributed by atoms with Crippen molar-refractivity contribution in [2.45, 2.75) is 12.8 Å². The molecule has 0 atom stereocenters. The van der Waals surface area contributed by atoms with Crippen LogP contribution >= 0.6 is 0 Å². The maximum absolute atomic E-state index is 12.5. The Morgan fingerprint density at radius 1 is 1.07 bits per heavy atom. The number of likely N-dealkylation sites (N-methyl/N-ethyl adjacent to an activating group) is 2. The predicted molar refractivity (Wildman–Crippen MR) is 115 cm³/mol. The summed E-state index contributed by atoms with van der Waals surface area (Å²) < 4.78 is 5.49. The number of para-hydroxylation sites is 2. The molecule has 0 radical (unpaired) electrons. The summed E-state index contributed by atoms with van der Waals surface area (Å²) in [5, 5.41) is 6.25. The minimum atomic E-state index is 0.262. The number of rotatable bonds is 12. The molecule has 158 valence electrons. The van der Waals surface area contributed by atoms with E-state index in [1.807, 2.05) is 31.1 Å². The molecule has 0 spiro atoms. The number of hydrogen-bond acceptors (Lipinski definition) is 6. The highest BCUT2D eigenvalue weighted by Crippen LogP contribution is 2.28. The Morgan fingerprint density at radius 2 is 1.71 bits per heavy atom. The van der Waals surface area contributed by atoms with E-state index in [0.717, 1.165) is 71.1 Å². The standard InChI is InChI=1S/C21H37N5O2/c1-22-10-13-26(14-11-23-2)21(27)9-6-12-24-15-17-25(18-16-24)19-7-4-5-8-20(19)28-3/h4-5,7-8,22-23H,6,9-18H2,1-3H3. The van der Waals surface area contributed by atoms with Gasteiger partial charge in [0.05, 0.1) is 12.8 Å². The van der Waals surface area contributed by atoms with E-state index in [2.05, 4.69) is 32.6 Å². The number of nitrogens with zero attached hydrogens (tertiary/aromatic N) is 3. The molecule has 1 heterocycles. The maximum atomic E-state index is 12.5. The molecular formula is C21H37N5O2. The molecular weight excluding hydrogens is 354 g/mol. The highest BCUT2D eigenvalue weighted by molar-refractivity contribution is 5.76. The Labute approximate surface area is 170 Å². The number of benzene rings is 1. The van der Waals surface area contributed by atoms with Gasteiger partial charge < -0.3 is 25.2 Å². The molecule has 1 aliphatic rings. The van der Waals surface area contributed by atoms with Crippen molar-refractivity contribution in [3.63, 3.8) is 0 Å². The zero-order valence-electron chi connectivity index (χ0n) is 17.7. The Bertz CT molecular complexity index is 568. The normalized spacial score (nSPS) is 14.9. The smallest absolute Gasteiger partial charge is 0.222 e. The summed E-state index contributed by atoms with van der Waals surface area (Å²) >= 11 is 0. The van der Waals surface area contributed by atoms with Gasteiger partial charge in [-0.1, -0.05) is 12.1 Å². The van der Waals surface area contributed by atoms with Crippen LogP contribution in [0.15, 0.2) is 24.3 Å². The van der Waals surface area contributed by atoms with Crippen molar-refractivity contribution < 1.29 is 9.53 Å². The van der Waals surface area contributed by atoms with Gasteiger partial charge in [-0.15, -0.1) is 0 Å². The average Bonchev–Trinajstić information content (AvgIpc) is 2.74. The fourth-order valence-corrected chi connectivity index (χ4v) is 3.57. The predicted octanol–water partition coefficient (Wildman–Crippen LogP) is 0.865. The van der Waals surface area contributed by atoms with Crippen molar-refractivity contribution in [1.82, 2.24) is 20.4 Å². The van der Waals surface area contributed by atoms with E-state index in [1.54, 1.807) is 7.11 Å². The molecule has 0 bridgehead atoms.